The summed E-state index contributed by atoms with van der Waals surface area (Å²) in [7, 11) is 0. The highest BCUT2D eigenvalue weighted by molar-refractivity contribution is 7.15. The van der Waals surface area contributed by atoms with E-state index in [0.29, 0.717) is 37.0 Å². The number of amides is 2. The second-order valence-electron chi connectivity index (χ2n) is 7.89. The number of aromatic nitrogens is 1. The third-order valence-corrected chi connectivity index (χ3v) is 6.92. The molecule has 1 aromatic carbocycles. The number of carbonyl (C=O) groups excluding carboxylic acids is 2. The van der Waals surface area contributed by atoms with Crippen LogP contribution in [0.2, 0.25) is 0 Å². The quantitative estimate of drug-likeness (QED) is 0.804. The highest BCUT2D eigenvalue weighted by Crippen LogP contribution is 2.36. The molecule has 5 nitrogen and oxygen atoms in total. The van der Waals surface area contributed by atoms with E-state index >= 15 is 0 Å². The maximum absolute atomic E-state index is 12.8. The van der Waals surface area contributed by atoms with Crippen molar-refractivity contribution in [3.05, 3.63) is 47.0 Å². The second-order valence-corrected chi connectivity index (χ2v) is 8.95. The first-order chi connectivity index (χ1) is 13.7. The topological polar surface area (TPSA) is 62.3 Å². The van der Waals surface area contributed by atoms with Crippen LogP contribution in [0.15, 0.2) is 36.5 Å². The highest BCUT2D eigenvalue weighted by atomic mass is 32.1. The van der Waals surface area contributed by atoms with Crippen LogP contribution in [-0.2, 0) is 16.1 Å². The molecule has 0 bridgehead atoms. The molecule has 148 valence electrons. The number of hydrogen-bond acceptors (Lipinski definition) is 4. The van der Waals surface area contributed by atoms with Crippen molar-refractivity contribution in [2.75, 3.05) is 11.9 Å². The maximum Gasteiger partial charge on any atom is 0.231 e. The van der Waals surface area contributed by atoms with Gasteiger partial charge in [-0.15, -0.1) is 11.3 Å². The van der Waals surface area contributed by atoms with E-state index < -0.39 is 0 Å². The van der Waals surface area contributed by atoms with E-state index in [4.69, 9.17) is 0 Å². The zero-order valence-electron chi connectivity index (χ0n) is 16.1. The summed E-state index contributed by atoms with van der Waals surface area (Å²) in [6.45, 7) is 1.03. The minimum absolute atomic E-state index is 0.0184. The number of anilines is 1. The third-order valence-electron chi connectivity index (χ3n) is 5.85. The molecule has 0 radical (unpaired) electrons. The Bertz CT molecular complexity index is 814. The van der Waals surface area contributed by atoms with Crippen molar-refractivity contribution in [1.82, 2.24) is 9.88 Å². The number of rotatable bonds is 5. The van der Waals surface area contributed by atoms with Crippen LogP contribution in [0.4, 0.5) is 5.13 Å². The number of benzene rings is 1. The van der Waals surface area contributed by atoms with Gasteiger partial charge in [0.05, 0.1) is 5.92 Å². The summed E-state index contributed by atoms with van der Waals surface area (Å²) in [6, 6.07) is 9.94. The zero-order chi connectivity index (χ0) is 19.3. The number of carbonyl (C=O) groups is 2. The molecule has 28 heavy (non-hydrogen) atoms. The lowest BCUT2D eigenvalue weighted by atomic mass is 9.89. The number of likely N-dealkylation sites (tertiary alicyclic amines) is 1. The Labute approximate surface area is 170 Å². The first kappa shape index (κ1) is 19.1. The van der Waals surface area contributed by atoms with Crippen molar-refractivity contribution in [1.29, 1.82) is 0 Å². The first-order valence-electron chi connectivity index (χ1n) is 10.3. The number of piperidine rings is 1. The lowest BCUT2D eigenvalue weighted by Gasteiger charge is -2.31. The van der Waals surface area contributed by atoms with Gasteiger partial charge in [-0.2, -0.15) is 0 Å². The molecule has 2 amide bonds. The van der Waals surface area contributed by atoms with Crippen molar-refractivity contribution in [3.63, 3.8) is 0 Å². The molecule has 1 N–H and O–H groups in total. The monoisotopic (exact) mass is 397 g/mol. The van der Waals surface area contributed by atoms with E-state index in [1.165, 1.54) is 37.0 Å². The Kier molecular flexibility index (Phi) is 6.05. The minimum atomic E-state index is -0.177. The van der Waals surface area contributed by atoms with E-state index in [-0.39, 0.29) is 17.7 Å². The van der Waals surface area contributed by atoms with Crippen molar-refractivity contribution >= 4 is 28.3 Å². The van der Waals surface area contributed by atoms with Gasteiger partial charge in [0.15, 0.2) is 5.13 Å². The number of nitrogens with zero attached hydrogens (tertiary/aromatic N) is 2. The fraction of sp³-hybridized carbons (Fsp3) is 0.500. The van der Waals surface area contributed by atoms with Crippen LogP contribution in [0, 0.1) is 5.92 Å². The van der Waals surface area contributed by atoms with Gasteiger partial charge in [-0.1, -0.05) is 49.6 Å². The molecule has 1 saturated heterocycles. The maximum atomic E-state index is 12.8. The molecule has 2 aliphatic rings. The second kappa shape index (κ2) is 8.86. The molecule has 2 fully saturated rings. The number of nitrogens with one attached hydrogen (secondary N) is 1. The molecule has 2 aromatic rings. The van der Waals surface area contributed by atoms with Crippen LogP contribution in [-0.4, -0.2) is 28.2 Å². The summed E-state index contributed by atoms with van der Waals surface area (Å²) in [5.74, 6) is 0.533. The van der Waals surface area contributed by atoms with Gasteiger partial charge < -0.3 is 10.2 Å². The molecule has 1 atom stereocenters. The number of thiazole rings is 1. The molecular weight excluding hydrogens is 370 g/mol. The summed E-state index contributed by atoms with van der Waals surface area (Å²) in [5, 5.41) is 3.69. The van der Waals surface area contributed by atoms with E-state index in [1.807, 2.05) is 36.5 Å². The van der Waals surface area contributed by atoms with Crippen molar-refractivity contribution in [2.45, 2.75) is 57.4 Å². The molecule has 6 heteroatoms. The van der Waals surface area contributed by atoms with Crippen LogP contribution in [0.3, 0.4) is 0 Å². The van der Waals surface area contributed by atoms with Crippen LogP contribution >= 0.6 is 11.3 Å². The van der Waals surface area contributed by atoms with Crippen LogP contribution in [0.5, 0.6) is 0 Å². The summed E-state index contributed by atoms with van der Waals surface area (Å²) >= 11 is 1.61. The zero-order valence-corrected chi connectivity index (χ0v) is 16.9. The third kappa shape index (κ3) is 4.61. The Morgan fingerprint density at radius 1 is 1.14 bits per heavy atom. The molecule has 1 aromatic heterocycles. The summed E-state index contributed by atoms with van der Waals surface area (Å²) in [6.07, 6.45) is 9.34. The molecule has 4 rings (SSSR count). The smallest absolute Gasteiger partial charge is 0.231 e. The van der Waals surface area contributed by atoms with Crippen LogP contribution in [0.1, 0.15) is 61.3 Å². The average Bonchev–Trinajstić information content (AvgIpc) is 3.19. The SMILES string of the molecule is O=C(Nc1ncc(C2CCCCC2)s1)C1CCC(=O)N(Cc2ccccc2)C1. The van der Waals surface area contributed by atoms with E-state index in [1.54, 1.807) is 16.2 Å². The average molecular weight is 398 g/mol. The fourth-order valence-corrected chi connectivity index (χ4v) is 5.20. The van der Waals surface area contributed by atoms with Gasteiger partial charge in [0.1, 0.15) is 0 Å². The van der Waals surface area contributed by atoms with Crippen LogP contribution < -0.4 is 5.32 Å². The Hall–Kier alpha value is -2.21. The van der Waals surface area contributed by atoms with E-state index in [2.05, 4.69) is 10.3 Å². The fourth-order valence-electron chi connectivity index (χ4n) is 4.21. The molecule has 0 spiro atoms. The minimum Gasteiger partial charge on any atom is -0.338 e. The first-order valence-corrected chi connectivity index (χ1v) is 11.1. The van der Waals surface area contributed by atoms with Gasteiger partial charge in [0.2, 0.25) is 11.8 Å². The summed E-state index contributed by atoms with van der Waals surface area (Å²) < 4.78 is 0. The van der Waals surface area contributed by atoms with E-state index in [9.17, 15) is 9.59 Å². The van der Waals surface area contributed by atoms with Gasteiger partial charge in [0, 0.05) is 30.6 Å². The molecule has 1 saturated carbocycles. The molecule has 1 aliphatic heterocycles. The van der Waals surface area contributed by atoms with Gasteiger partial charge in [-0.3, -0.25) is 9.59 Å². The van der Waals surface area contributed by atoms with Gasteiger partial charge in [-0.25, -0.2) is 4.98 Å². The van der Waals surface area contributed by atoms with Gasteiger partial charge in [-0.05, 0) is 30.7 Å². The molecule has 1 aliphatic carbocycles. The predicted molar refractivity (Wildman–Crippen MR) is 111 cm³/mol. The number of hydrogen-bond donors (Lipinski definition) is 1. The Morgan fingerprint density at radius 2 is 1.93 bits per heavy atom. The highest BCUT2D eigenvalue weighted by Gasteiger charge is 2.30. The lowest BCUT2D eigenvalue weighted by molar-refractivity contribution is -0.137. The molecule has 2 heterocycles. The predicted octanol–water partition coefficient (Wildman–Crippen LogP) is 4.57. The standard InChI is InChI=1S/C22H27N3O2S/c26-20-12-11-18(15-25(20)14-16-7-3-1-4-8-16)21(27)24-22-23-13-19(28-22)17-9-5-2-6-10-17/h1,3-4,7-8,13,17-18H,2,5-6,9-12,14-15H2,(H,23,24,27). The molecular formula is C22H27N3O2S. The van der Waals surface area contributed by atoms with Crippen molar-refractivity contribution in [2.24, 2.45) is 5.92 Å². The van der Waals surface area contributed by atoms with Crippen LogP contribution in [0.25, 0.3) is 0 Å². The Balaban J connectivity index is 1.35. The van der Waals surface area contributed by atoms with Gasteiger partial charge >= 0.3 is 0 Å². The van der Waals surface area contributed by atoms with Crippen molar-refractivity contribution in [3.8, 4) is 0 Å². The lowest BCUT2D eigenvalue weighted by Crippen LogP contribution is -2.43. The summed E-state index contributed by atoms with van der Waals surface area (Å²) in [5.41, 5.74) is 1.09. The van der Waals surface area contributed by atoms with Crippen molar-refractivity contribution < 1.29 is 9.59 Å². The van der Waals surface area contributed by atoms with Gasteiger partial charge in [0.25, 0.3) is 0 Å². The normalized spacial score (nSPS) is 20.9. The Morgan fingerprint density at radius 3 is 2.71 bits per heavy atom. The summed E-state index contributed by atoms with van der Waals surface area (Å²) in [4.78, 5) is 32.6. The largest absolute Gasteiger partial charge is 0.338 e. The van der Waals surface area contributed by atoms with E-state index in [0.717, 1.165) is 5.56 Å². The molecule has 1 unspecified atom stereocenters.